The first-order valence-electron chi connectivity index (χ1n) is 11.1. The maximum absolute atomic E-state index is 13.8. The maximum atomic E-state index is 13.8. The van der Waals surface area contributed by atoms with E-state index in [0.717, 1.165) is 45.3 Å². The molecule has 0 spiro atoms. The number of ether oxygens (including phenoxy) is 1. The number of piperidine rings is 1. The van der Waals surface area contributed by atoms with Gasteiger partial charge in [0, 0.05) is 19.3 Å². The minimum absolute atomic E-state index is 0.0144. The summed E-state index contributed by atoms with van der Waals surface area (Å²) < 4.78 is 5.69. The van der Waals surface area contributed by atoms with Crippen molar-refractivity contribution in [2.24, 2.45) is 5.92 Å². The van der Waals surface area contributed by atoms with Crippen molar-refractivity contribution < 1.29 is 14.3 Å². The summed E-state index contributed by atoms with van der Waals surface area (Å²) in [5.41, 5.74) is 0.903. The van der Waals surface area contributed by atoms with Crippen molar-refractivity contribution in [2.45, 2.75) is 51.2 Å². The number of rotatable bonds is 6. The Morgan fingerprint density at radius 2 is 2.10 bits per heavy atom. The van der Waals surface area contributed by atoms with Crippen LogP contribution in [0, 0.1) is 5.92 Å². The molecule has 1 aromatic rings. The van der Waals surface area contributed by atoms with Crippen LogP contribution in [0.25, 0.3) is 0 Å². The maximum Gasteiger partial charge on any atom is 0.325 e. The molecule has 4 heterocycles. The number of imide groups is 1. The van der Waals surface area contributed by atoms with Crippen LogP contribution in [0.2, 0.25) is 0 Å². The van der Waals surface area contributed by atoms with Crippen molar-refractivity contribution in [1.82, 2.24) is 20.1 Å². The molecule has 30 heavy (non-hydrogen) atoms. The van der Waals surface area contributed by atoms with Gasteiger partial charge in [-0.3, -0.25) is 19.6 Å². The fraction of sp³-hybridized carbons (Fsp3) is 0.609. The van der Waals surface area contributed by atoms with Gasteiger partial charge in [-0.05, 0) is 70.7 Å². The summed E-state index contributed by atoms with van der Waals surface area (Å²) in [7, 11) is 0. The van der Waals surface area contributed by atoms with Crippen molar-refractivity contribution in [3.8, 4) is 0 Å². The first-order valence-corrected chi connectivity index (χ1v) is 11.1. The molecule has 1 aromatic heterocycles. The van der Waals surface area contributed by atoms with Crippen LogP contribution in [0.4, 0.5) is 4.79 Å². The van der Waals surface area contributed by atoms with E-state index in [2.05, 4.69) is 35.1 Å². The molecular formula is C23H32N4O3. The number of urea groups is 1. The first-order chi connectivity index (χ1) is 14.5. The number of nitrogens with one attached hydrogen (secondary N) is 1. The molecule has 3 fully saturated rings. The minimum atomic E-state index is -1.08. The van der Waals surface area contributed by atoms with Gasteiger partial charge in [-0.25, -0.2) is 4.79 Å². The predicted octanol–water partition coefficient (Wildman–Crippen LogP) is 2.69. The smallest absolute Gasteiger partial charge is 0.325 e. The second-order valence-corrected chi connectivity index (χ2v) is 8.69. The highest BCUT2D eigenvalue weighted by atomic mass is 16.5. The SMILES string of the molecule is C/C=C(\C)CN1CCC(C2(c3ccccn3)NC(=O)N(CC3CCCO3)C2=O)CC1. The number of aromatic nitrogens is 1. The molecule has 7 nitrogen and oxygen atoms in total. The topological polar surface area (TPSA) is 74.8 Å². The van der Waals surface area contributed by atoms with Crippen molar-refractivity contribution in [3.05, 3.63) is 41.7 Å². The van der Waals surface area contributed by atoms with Crippen LogP contribution in [0.3, 0.4) is 0 Å². The molecule has 0 bridgehead atoms. The summed E-state index contributed by atoms with van der Waals surface area (Å²) in [6.07, 6.45) is 7.32. The molecule has 3 saturated heterocycles. The Kier molecular flexibility index (Phi) is 6.20. The zero-order valence-corrected chi connectivity index (χ0v) is 18.0. The van der Waals surface area contributed by atoms with Crippen LogP contribution in [0.15, 0.2) is 36.0 Å². The Labute approximate surface area is 178 Å². The lowest BCUT2D eigenvalue weighted by Gasteiger charge is -2.40. The molecule has 0 aromatic carbocycles. The van der Waals surface area contributed by atoms with Crippen LogP contribution >= 0.6 is 0 Å². The lowest BCUT2D eigenvalue weighted by molar-refractivity contribution is -0.135. The first kappa shape index (κ1) is 21.0. The zero-order valence-electron chi connectivity index (χ0n) is 18.0. The van der Waals surface area contributed by atoms with Gasteiger partial charge in [-0.2, -0.15) is 0 Å². The molecule has 7 heteroatoms. The number of hydrogen-bond acceptors (Lipinski definition) is 5. The van der Waals surface area contributed by atoms with Crippen LogP contribution < -0.4 is 5.32 Å². The third kappa shape index (κ3) is 3.88. The Morgan fingerprint density at radius 1 is 1.30 bits per heavy atom. The van der Waals surface area contributed by atoms with E-state index >= 15 is 0 Å². The van der Waals surface area contributed by atoms with E-state index in [9.17, 15) is 9.59 Å². The highest BCUT2D eigenvalue weighted by molar-refractivity contribution is 6.07. The lowest BCUT2D eigenvalue weighted by atomic mass is 9.75. The predicted molar refractivity (Wildman–Crippen MR) is 114 cm³/mol. The largest absolute Gasteiger partial charge is 0.376 e. The molecular weight excluding hydrogens is 380 g/mol. The monoisotopic (exact) mass is 412 g/mol. The number of allylic oxidation sites excluding steroid dienone is 1. The standard InChI is InChI=1S/C23H32N4O3/c1-3-17(2)15-26-12-9-18(10-13-26)23(20-8-4-5-11-24-20)21(28)27(22(29)25-23)16-19-7-6-14-30-19/h3-5,8,11,18-19H,6-7,9-10,12-16H2,1-2H3,(H,25,29)/b17-3+. The molecule has 162 valence electrons. The summed E-state index contributed by atoms with van der Waals surface area (Å²) in [4.78, 5) is 35.0. The third-order valence-corrected chi connectivity index (χ3v) is 6.78. The molecule has 3 amide bonds. The van der Waals surface area contributed by atoms with Gasteiger partial charge in [-0.15, -0.1) is 0 Å². The van der Waals surface area contributed by atoms with Crippen LogP contribution in [0.5, 0.6) is 0 Å². The van der Waals surface area contributed by atoms with Gasteiger partial charge >= 0.3 is 6.03 Å². The molecule has 0 saturated carbocycles. The quantitative estimate of drug-likeness (QED) is 0.574. The van der Waals surface area contributed by atoms with E-state index < -0.39 is 5.54 Å². The van der Waals surface area contributed by atoms with Crippen molar-refractivity contribution in [2.75, 3.05) is 32.8 Å². The average Bonchev–Trinajstić information content (AvgIpc) is 3.37. The average molecular weight is 413 g/mol. The van der Waals surface area contributed by atoms with E-state index in [1.807, 2.05) is 18.2 Å². The summed E-state index contributed by atoms with van der Waals surface area (Å²) in [5, 5.41) is 3.08. The van der Waals surface area contributed by atoms with Crippen LogP contribution in [-0.2, 0) is 15.1 Å². The second kappa shape index (κ2) is 8.86. The fourth-order valence-electron chi connectivity index (χ4n) is 4.98. The zero-order chi connectivity index (χ0) is 21.1. The Bertz CT molecular complexity index is 798. The van der Waals surface area contributed by atoms with Gasteiger partial charge in [0.2, 0.25) is 0 Å². The molecule has 2 unspecified atom stereocenters. The number of pyridine rings is 1. The summed E-state index contributed by atoms with van der Waals surface area (Å²) >= 11 is 0. The third-order valence-electron chi connectivity index (χ3n) is 6.78. The molecule has 4 rings (SSSR count). The van der Waals surface area contributed by atoms with Gasteiger partial charge in [0.15, 0.2) is 5.54 Å². The molecule has 0 aliphatic carbocycles. The van der Waals surface area contributed by atoms with Crippen LogP contribution in [-0.4, -0.2) is 65.6 Å². The summed E-state index contributed by atoms with van der Waals surface area (Å²) in [6.45, 7) is 7.98. The van der Waals surface area contributed by atoms with Crippen molar-refractivity contribution in [3.63, 3.8) is 0 Å². The fourth-order valence-corrected chi connectivity index (χ4v) is 4.98. The highest BCUT2D eigenvalue weighted by Crippen LogP contribution is 2.41. The molecule has 3 aliphatic heterocycles. The number of likely N-dealkylation sites (tertiary alicyclic amines) is 1. The van der Waals surface area contributed by atoms with Gasteiger partial charge < -0.3 is 10.1 Å². The molecule has 3 aliphatic rings. The second-order valence-electron chi connectivity index (χ2n) is 8.69. The Hall–Kier alpha value is -2.25. The van der Waals surface area contributed by atoms with Gasteiger partial charge in [-0.1, -0.05) is 17.7 Å². The number of carbonyl (C=O) groups is 2. The van der Waals surface area contributed by atoms with E-state index in [-0.39, 0.29) is 24.0 Å². The highest BCUT2D eigenvalue weighted by Gasteiger charge is 2.58. The van der Waals surface area contributed by atoms with E-state index in [0.29, 0.717) is 18.8 Å². The van der Waals surface area contributed by atoms with Gasteiger partial charge in [0.25, 0.3) is 5.91 Å². The lowest BCUT2D eigenvalue weighted by Crippen LogP contribution is -2.54. The number of amides is 3. The summed E-state index contributed by atoms with van der Waals surface area (Å²) in [5.74, 6) is -0.162. The van der Waals surface area contributed by atoms with E-state index in [1.54, 1.807) is 6.20 Å². The van der Waals surface area contributed by atoms with Gasteiger partial charge in [0.1, 0.15) is 0 Å². The number of carbonyl (C=O) groups excluding carboxylic acids is 2. The normalized spacial score (nSPS) is 28.9. The molecule has 2 atom stereocenters. The molecule has 0 radical (unpaired) electrons. The van der Waals surface area contributed by atoms with Crippen LogP contribution in [0.1, 0.15) is 45.2 Å². The summed E-state index contributed by atoms with van der Waals surface area (Å²) in [6, 6.07) is 5.26. The van der Waals surface area contributed by atoms with Crippen molar-refractivity contribution >= 4 is 11.9 Å². The minimum Gasteiger partial charge on any atom is -0.376 e. The number of hydrogen-bond donors (Lipinski definition) is 1. The number of nitrogens with zero attached hydrogens (tertiary/aromatic N) is 3. The van der Waals surface area contributed by atoms with E-state index in [1.165, 1.54) is 10.5 Å². The Balaban J connectivity index is 1.58. The van der Waals surface area contributed by atoms with Crippen molar-refractivity contribution in [1.29, 1.82) is 0 Å². The van der Waals surface area contributed by atoms with Gasteiger partial charge in [0.05, 0.1) is 18.3 Å². The molecule has 1 N–H and O–H groups in total. The Morgan fingerprint density at radius 3 is 2.73 bits per heavy atom. The van der Waals surface area contributed by atoms with E-state index in [4.69, 9.17) is 4.74 Å².